The second-order valence-electron chi connectivity index (χ2n) is 4.30. The number of aromatic nitrogens is 1. The van der Waals surface area contributed by atoms with E-state index in [1.54, 1.807) is 11.3 Å². The van der Waals surface area contributed by atoms with E-state index in [0.29, 0.717) is 6.10 Å². The molecule has 1 aromatic rings. The maximum Gasteiger partial charge on any atom is 0.0897 e. The van der Waals surface area contributed by atoms with Crippen molar-refractivity contribution in [2.24, 2.45) is 0 Å². The maximum atomic E-state index is 5.66. The largest absolute Gasteiger partial charge is 0.377 e. The van der Waals surface area contributed by atoms with Crippen molar-refractivity contribution < 1.29 is 4.74 Å². The van der Waals surface area contributed by atoms with Gasteiger partial charge in [0.2, 0.25) is 0 Å². The number of thiazole rings is 1. The number of nitrogens with one attached hydrogen (secondary N) is 1. The zero-order valence-electron chi connectivity index (χ0n) is 9.87. The molecular weight excluding hydrogens is 220 g/mol. The van der Waals surface area contributed by atoms with E-state index in [2.05, 4.69) is 22.6 Å². The van der Waals surface area contributed by atoms with Gasteiger partial charge < -0.3 is 10.1 Å². The highest BCUT2D eigenvalue weighted by Crippen LogP contribution is 2.11. The topological polar surface area (TPSA) is 34.2 Å². The maximum absolute atomic E-state index is 5.66. The summed E-state index contributed by atoms with van der Waals surface area (Å²) >= 11 is 1.73. The molecular formula is C12H20N2OS. The number of aryl methyl sites for hydroxylation is 1. The van der Waals surface area contributed by atoms with Crippen molar-refractivity contribution in [3.63, 3.8) is 0 Å². The Kier molecular flexibility index (Phi) is 4.75. The molecule has 0 amide bonds. The molecule has 0 saturated carbocycles. The minimum atomic E-state index is 0.436. The van der Waals surface area contributed by atoms with Crippen LogP contribution in [0.5, 0.6) is 0 Å². The molecule has 2 rings (SSSR count). The van der Waals surface area contributed by atoms with Crippen molar-refractivity contribution in [3.8, 4) is 0 Å². The molecule has 4 heteroatoms. The number of ether oxygens (including phenoxy) is 1. The summed E-state index contributed by atoms with van der Waals surface area (Å²) in [5, 5.41) is 6.76. The molecule has 0 aromatic carbocycles. The van der Waals surface area contributed by atoms with E-state index in [1.165, 1.54) is 25.0 Å². The Bertz CT molecular complexity index is 308. The van der Waals surface area contributed by atoms with E-state index in [0.717, 1.165) is 31.1 Å². The minimum Gasteiger partial charge on any atom is -0.377 e. The van der Waals surface area contributed by atoms with Crippen LogP contribution < -0.4 is 5.32 Å². The third kappa shape index (κ3) is 3.85. The Morgan fingerprint density at radius 2 is 2.50 bits per heavy atom. The second-order valence-corrected chi connectivity index (χ2v) is 5.36. The molecule has 0 aliphatic carbocycles. The standard InChI is InChI=1S/C12H20N2OS/c1-10-14-11(9-16-10)5-6-13-8-12-4-2-3-7-15-12/h9,12-13H,2-8H2,1H3. The summed E-state index contributed by atoms with van der Waals surface area (Å²) in [7, 11) is 0. The molecule has 1 fully saturated rings. The normalized spacial score (nSPS) is 21.2. The Balaban J connectivity index is 1.57. The van der Waals surface area contributed by atoms with Crippen LogP contribution >= 0.6 is 11.3 Å². The van der Waals surface area contributed by atoms with Gasteiger partial charge in [-0.3, -0.25) is 0 Å². The molecule has 1 unspecified atom stereocenters. The average Bonchev–Trinajstić information content (AvgIpc) is 2.72. The van der Waals surface area contributed by atoms with Crippen LogP contribution in [-0.2, 0) is 11.2 Å². The van der Waals surface area contributed by atoms with Gasteiger partial charge in [0.05, 0.1) is 16.8 Å². The SMILES string of the molecule is Cc1nc(CCNCC2CCCCO2)cs1. The third-order valence-electron chi connectivity index (χ3n) is 2.87. The van der Waals surface area contributed by atoms with Gasteiger partial charge in [0.15, 0.2) is 0 Å². The molecule has 16 heavy (non-hydrogen) atoms. The van der Waals surface area contributed by atoms with E-state index in [-0.39, 0.29) is 0 Å². The minimum absolute atomic E-state index is 0.436. The van der Waals surface area contributed by atoms with Gasteiger partial charge in [-0.15, -0.1) is 11.3 Å². The van der Waals surface area contributed by atoms with Crippen LogP contribution in [0.3, 0.4) is 0 Å². The highest BCUT2D eigenvalue weighted by molar-refractivity contribution is 7.09. The summed E-state index contributed by atoms with van der Waals surface area (Å²) < 4.78 is 5.66. The van der Waals surface area contributed by atoms with Crippen molar-refractivity contribution in [2.45, 2.75) is 38.7 Å². The highest BCUT2D eigenvalue weighted by atomic mass is 32.1. The Morgan fingerprint density at radius 1 is 1.56 bits per heavy atom. The lowest BCUT2D eigenvalue weighted by Crippen LogP contribution is -2.32. The summed E-state index contributed by atoms with van der Waals surface area (Å²) in [4.78, 5) is 4.44. The monoisotopic (exact) mass is 240 g/mol. The van der Waals surface area contributed by atoms with Crippen molar-refractivity contribution in [2.75, 3.05) is 19.7 Å². The van der Waals surface area contributed by atoms with Crippen molar-refractivity contribution in [1.29, 1.82) is 0 Å². The number of hydrogen-bond donors (Lipinski definition) is 1. The Morgan fingerprint density at radius 3 is 3.19 bits per heavy atom. The summed E-state index contributed by atoms with van der Waals surface area (Å²) in [5.74, 6) is 0. The predicted molar refractivity (Wildman–Crippen MR) is 67.0 cm³/mol. The fraction of sp³-hybridized carbons (Fsp3) is 0.750. The van der Waals surface area contributed by atoms with E-state index in [4.69, 9.17) is 4.74 Å². The fourth-order valence-corrected chi connectivity index (χ4v) is 2.62. The smallest absolute Gasteiger partial charge is 0.0897 e. The van der Waals surface area contributed by atoms with Crippen LogP contribution in [0, 0.1) is 6.92 Å². The molecule has 0 radical (unpaired) electrons. The molecule has 1 atom stereocenters. The van der Waals surface area contributed by atoms with Crippen LogP contribution in [0.1, 0.15) is 30.0 Å². The van der Waals surface area contributed by atoms with Crippen LogP contribution in [0.15, 0.2) is 5.38 Å². The van der Waals surface area contributed by atoms with Crippen LogP contribution in [0.2, 0.25) is 0 Å². The van der Waals surface area contributed by atoms with Gasteiger partial charge in [0, 0.05) is 31.5 Å². The zero-order chi connectivity index (χ0) is 11.2. The first-order valence-electron chi connectivity index (χ1n) is 6.08. The van der Waals surface area contributed by atoms with Gasteiger partial charge in [0.25, 0.3) is 0 Å². The number of hydrogen-bond acceptors (Lipinski definition) is 4. The summed E-state index contributed by atoms with van der Waals surface area (Å²) in [6, 6.07) is 0. The van der Waals surface area contributed by atoms with Crippen molar-refractivity contribution >= 4 is 11.3 Å². The second kappa shape index (κ2) is 6.33. The molecule has 0 spiro atoms. The first-order chi connectivity index (χ1) is 7.84. The lowest BCUT2D eigenvalue weighted by molar-refractivity contribution is 0.0171. The van der Waals surface area contributed by atoms with Gasteiger partial charge in [0.1, 0.15) is 0 Å². The lowest BCUT2D eigenvalue weighted by Gasteiger charge is -2.22. The van der Waals surface area contributed by atoms with Crippen LogP contribution in [0.25, 0.3) is 0 Å². The summed E-state index contributed by atoms with van der Waals surface area (Å²) in [5.41, 5.74) is 1.21. The summed E-state index contributed by atoms with van der Waals surface area (Å²) in [6.07, 6.45) is 5.22. The van der Waals surface area contributed by atoms with E-state index >= 15 is 0 Å². The van der Waals surface area contributed by atoms with Gasteiger partial charge in [-0.2, -0.15) is 0 Å². The van der Waals surface area contributed by atoms with Gasteiger partial charge in [-0.25, -0.2) is 4.98 Å². The van der Waals surface area contributed by atoms with Gasteiger partial charge >= 0.3 is 0 Å². The first kappa shape index (κ1) is 12.0. The Labute approximate surface area is 101 Å². The predicted octanol–water partition coefficient (Wildman–Crippen LogP) is 2.15. The van der Waals surface area contributed by atoms with Gasteiger partial charge in [-0.05, 0) is 26.2 Å². The van der Waals surface area contributed by atoms with Crippen LogP contribution in [0.4, 0.5) is 0 Å². The molecule has 0 bridgehead atoms. The third-order valence-corrected chi connectivity index (χ3v) is 3.69. The van der Waals surface area contributed by atoms with E-state index in [9.17, 15) is 0 Å². The Hall–Kier alpha value is -0.450. The zero-order valence-corrected chi connectivity index (χ0v) is 10.7. The molecule has 1 N–H and O–H groups in total. The molecule has 1 aliphatic rings. The molecule has 2 heterocycles. The first-order valence-corrected chi connectivity index (χ1v) is 6.96. The molecule has 1 saturated heterocycles. The summed E-state index contributed by atoms with van der Waals surface area (Å²) in [6.45, 7) is 4.99. The van der Waals surface area contributed by atoms with Crippen molar-refractivity contribution in [1.82, 2.24) is 10.3 Å². The highest BCUT2D eigenvalue weighted by Gasteiger charge is 2.12. The quantitative estimate of drug-likeness (QED) is 0.801. The van der Waals surface area contributed by atoms with E-state index in [1.807, 2.05) is 0 Å². The lowest BCUT2D eigenvalue weighted by atomic mass is 10.1. The van der Waals surface area contributed by atoms with Crippen LogP contribution in [-0.4, -0.2) is 30.8 Å². The number of nitrogens with zero attached hydrogens (tertiary/aromatic N) is 1. The fourth-order valence-electron chi connectivity index (χ4n) is 1.97. The average molecular weight is 240 g/mol. The molecule has 90 valence electrons. The van der Waals surface area contributed by atoms with E-state index < -0.39 is 0 Å². The molecule has 1 aliphatic heterocycles. The molecule has 3 nitrogen and oxygen atoms in total. The number of rotatable bonds is 5. The molecule has 1 aromatic heterocycles. The van der Waals surface area contributed by atoms with Crippen molar-refractivity contribution in [3.05, 3.63) is 16.1 Å². The van der Waals surface area contributed by atoms with Gasteiger partial charge in [-0.1, -0.05) is 0 Å².